The molecule has 0 heterocycles. The van der Waals surface area contributed by atoms with Crippen molar-refractivity contribution >= 4 is 21.7 Å². The minimum Gasteiger partial charge on any atom is -0.478 e. The van der Waals surface area contributed by atoms with Crippen LogP contribution in [0.15, 0.2) is 53.4 Å². The fourth-order valence-corrected chi connectivity index (χ4v) is 3.66. The summed E-state index contributed by atoms with van der Waals surface area (Å²) in [4.78, 5) is 10.5. The summed E-state index contributed by atoms with van der Waals surface area (Å²) in [5.74, 6) is -1.30. The Labute approximate surface area is 166 Å². The monoisotopic (exact) mass is 457 g/mol. The first-order valence-corrected chi connectivity index (χ1v) is 9.26. The van der Waals surface area contributed by atoms with Crippen molar-refractivity contribution in [2.45, 2.75) is 22.8 Å². The van der Waals surface area contributed by atoms with Gasteiger partial charge >= 0.3 is 18.3 Å². The second-order valence-corrected chi connectivity index (χ2v) is 8.02. The van der Waals surface area contributed by atoms with Crippen LogP contribution in [0.25, 0.3) is 0 Å². The summed E-state index contributed by atoms with van der Waals surface area (Å²) in [6.07, 6.45) is -12.1. The third-order valence-corrected chi connectivity index (χ3v) is 6.03. The Kier molecular flexibility index (Phi) is 5.84. The first-order valence-electron chi connectivity index (χ1n) is 7.82. The highest BCUT2D eigenvalue weighted by Gasteiger charge is 2.71. The minimum absolute atomic E-state index is 0.195. The molecule has 2 aromatic rings. The quantitative estimate of drug-likeness (QED) is 0.670. The summed E-state index contributed by atoms with van der Waals surface area (Å²) < 4.78 is 103. The number of hydrogen-bond acceptors (Lipinski definition) is 4. The Hall–Kier alpha value is -2.80. The van der Waals surface area contributed by atoms with Crippen LogP contribution in [-0.2, 0) is 15.6 Å². The third-order valence-electron chi connectivity index (χ3n) is 4.23. The van der Waals surface area contributed by atoms with E-state index in [1.54, 1.807) is 0 Å². The van der Waals surface area contributed by atoms with Crippen LogP contribution in [-0.4, -0.2) is 44.0 Å². The molecule has 2 rings (SSSR count). The Morgan fingerprint density at radius 2 is 1.30 bits per heavy atom. The van der Waals surface area contributed by atoms with Gasteiger partial charge < -0.3 is 10.2 Å². The average molecular weight is 457 g/mol. The molecule has 30 heavy (non-hydrogen) atoms. The van der Waals surface area contributed by atoms with E-state index in [0.717, 1.165) is 31.3 Å². The molecule has 0 radical (unpaired) electrons. The van der Waals surface area contributed by atoms with Gasteiger partial charge in [-0.1, -0.05) is 12.1 Å². The van der Waals surface area contributed by atoms with Gasteiger partial charge in [0, 0.05) is 12.6 Å². The number of carboxylic acid groups (broad SMARTS) is 1. The number of hydrogen-bond donors (Lipinski definition) is 2. The van der Waals surface area contributed by atoms with Gasteiger partial charge in [0.15, 0.2) is 0 Å². The van der Waals surface area contributed by atoms with E-state index in [2.05, 4.69) is 0 Å². The lowest BCUT2D eigenvalue weighted by atomic mass is 9.92. The van der Waals surface area contributed by atoms with Gasteiger partial charge in [-0.3, -0.25) is 4.31 Å². The van der Waals surface area contributed by atoms with Gasteiger partial charge in [0.25, 0.3) is 15.6 Å². The van der Waals surface area contributed by atoms with E-state index in [9.17, 15) is 44.7 Å². The molecule has 2 aromatic carbocycles. The molecule has 0 aliphatic heterocycles. The molecule has 0 unspecified atom stereocenters. The Bertz CT molecular complexity index is 1020. The van der Waals surface area contributed by atoms with Crippen molar-refractivity contribution in [3.05, 3.63) is 59.7 Å². The number of rotatable bonds is 5. The number of halogens is 6. The number of aromatic carboxylic acids is 1. The fourth-order valence-electron chi connectivity index (χ4n) is 2.47. The molecule has 0 aliphatic rings. The molecule has 0 spiro atoms. The second-order valence-electron chi connectivity index (χ2n) is 6.05. The van der Waals surface area contributed by atoms with Crippen molar-refractivity contribution in [2.75, 3.05) is 11.4 Å². The Morgan fingerprint density at radius 3 is 1.67 bits per heavy atom. The van der Waals surface area contributed by atoms with E-state index in [1.807, 2.05) is 0 Å². The lowest BCUT2D eigenvalue weighted by molar-refractivity contribution is -0.376. The summed E-state index contributed by atoms with van der Waals surface area (Å²) in [7, 11) is -3.31. The van der Waals surface area contributed by atoms with Crippen LogP contribution in [0.4, 0.5) is 32.0 Å². The lowest BCUT2D eigenvalue weighted by Crippen LogP contribution is -2.53. The molecule has 2 N–H and O–H groups in total. The van der Waals surface area contributed by atoms with E-state index in [-0.39, 0.29) is 16.1 Å². The molecule has 13 heteroatoms. The number of nitrogens with zero attached hydrogens (tertiary/aromatic N) is 1. The van der Waals surface area contributed by atoms with Crippen LogP contribution in [0.1, 0.15) is 15.9 Å². The molecule has 0 bridgehead atoms. The number of aliphatic hydroxyl groups is 1. The van der Waals surface area contributed by atoms with Gasteiger partial charge in [0.1, 0.15) is 0 Å². The summed E-state index contributed by atoms with van der Waals surface area (Å²) in [6.45, 7) is 0. The van der Waals surface area contributed by atoms with Gasteiger partial charge in [-0.15, -0.1) is 0 Å². The zero-order chi connectivity index (χ0) is 23.1. The van der Waals surface area contributed by atoms with Crippen molar-refractivity contribution in [1.29, 1.82) is 0 Å². The largest absolute Gasteiger partial charge is 0.478 e. The van der Waals surface area contributed by atoms with Gasteiger partial charge in [0.2, 0.25) is 0 Å². The van der Waals surface area contributed by atoms with Crippen molar-refractivity contribution in [3.8, 4) is 0 Å². The lowest BCUT2D eigenvalue weighted by Gasteiger charge is -2.33. The minimum atomic E-state index is -6.07. The van der Waals surface area contributed by atoms with Crippen LogP contribution in [0.3, 0.4) is 0 Å². The molecule has 0 saturated heterocycles. The van der Waals surface area contributed by atoms with E-state index >= 15 is 0 Å². The van der Waals surface area contributed by atoms with Crippen LogP contribution in [0.2, 0.25) is 0 Å². The predicted molar refractivity (Wildman–Crippen MR) is 91.4 cm³/mol. The topological polar surface area (TPSA) is 94.9 Å². The molecule has 6 nitrogen and oxygen atoms in total. The third kappa shape index (κ3) is 3.94. The number of anilines is 1. The first kappa shape index (κ1) is 23.5. The molecule has 0 aromatic heterocycles. The number of sulfonamides is 1. The molecule has 0 atom stereocenters. The molecule has 0 saturated carbocycles. The van der Waals surface area contributed by atoms with Gasteiger partial charge in [-0.2, -0.15) is 26.3 Å². The Balaban J connectivity index is 2.43. The first-order chi connectivity index (χ1) is 13.5. The average Bonchev–Trinajstić information content (AvgIpc) is 2.65. The van der Waals surface area contributed by atoms with E-state index in [0.29, 0.717) is 28.6 Å². The van der Waals surface area contributed by atoms with E-state index in [1.165, 1.54) is 0 Å². The van der Waals surface area contributed by atoms with Crippen LogP contribution in [0, 0.1) is 0 Å². The maximum absolute atomic E-state index is 12.9. The summed E-state index contributed by atoms with van der Waals surface area (Å²) in [5.41, 5.74) is -7.17. The normalized spacial score (nSPS) is 13.2. The van der Waals surface area contributed by atoms with Crippen molar-refractivity contribution in [2.24, 2.45) is 0 Å². The standard InChI is InChI=1S/C17H13F6NO5S/c1-24(30(28,29)13-8-2-10(3-9-13)14(25)26)12-6-4-11(5-7-12)15(27,16(18,19)20)17(21,22)23/h2-9,27H,1H3,(H,25,26). The molecule has 0 amide bonds. The maximum atomic E-state index is 12.9. The van der Waals surface area contributed by atoms with Crippen LogP contribution < -0.4 is 4.31 Å². The van der Waals surface area contributed by atoms with Crippen molar-refractivity contribution < 1.29 is 49.8 Å². The number of benzene rings is 2. The maximum Gasteiger partial charge on any atom is 0.430 e. The van der Waals surface area contributed by atoms with Gasteiger partial charge in [-0.25, -0.2) is 13.2 Å². The highest BCUT2D eigenvalue weighted by Crippen LogP contribution is 2.50. The molecular weight excluding hydrogens is 444 g/mol. The zero-order valence-corrected chi connectivity index (χ0v) is 15.7. The molecule has 0 fully saturated rings. The molecule has 0 aliphatic carbocycles. The second kappa shape index (κ2) is 7.47. The zero-order valence-electron chi connectivity index (χ0n) is 14.9. The number of alkyl halides is 6. The van der Waals surface area contributed by atoms with Crippen molar-refractivity contribution in [3.63, 3.8) is 0 Å². The summed E-state index contributed by atoms with van der Waals surface area (Å²) in [6, 6.07) is 5.96. The van der Waals surface area contributed by atoms with Gasteiger partial charge in [-0.05, 0) is 36.4 Å². The summed E-state index contributed by atoms with van der Waals surface area (Å²) in [5, 5.41) is 18.2. The fraction of sp³-hybridized carbons (Fsp3) is 0.235. The highest BCUT2D eigenvalue weighted by molar-refractivity contribution is 7.92. The van der Waals surface area contributed by atoms with E-state index < -0.39 is 39.5 Å². The smallest absolute Gasteiger partial charge is 0.430 e. The summed E-state index contributed by atoms with van der Waals surface area (Å²) >= 11 is 0. The highest BCUT2D eigenvalue weighted by atomic mass is 32.2. The predicted octanol–water partition coefficient (Wildman–Crippen LogP) is 3.52. The van der Waals surface area contributed by atoms with E-state index in [4.69, 9.17) is 5.11 Å². The number of carbonyl (C=O) groups is 1. The van der Waals surface area contributed by atoms with Crippen molar-refractivity contribution in [1.82, 2.24) is 0 Å². The SMILES string of the molecule is CN(c1ccc(C(O)(C(F)(F)F)C(F)(F)F)cc1)S(=O)(=O)c1ccc(C(=O)O)cc1. The van der Waals surface area contributed by atoms with Crippen LogP contribution >= 0.6 is 0 Å². The van der Waals surface area contributed by atoms with Crippen LogP contribution in [0.5, 0.6) is 0 Å². The Morgan fingerprint density at radius 1 is 0.867 bits per heavy atom. The number of carboxylic acids is 1. The molecular formula is C17H13F6NO5S. The van der Waals surface area contributed by atoms with Gasteiger partial charge in [0.05, 0.1) is 16.1 Å². The molecule has 164 valence electrons.